The quantitative estimate of drug-likeness (QED) is 0.386. The molecule has 0 amide bonds. The van der Waals surface area contributed by atoms with Crippen molar-refractivity contribution < 1.29 is 0 Å². The Labute approximate surface area is 77.4 Å². The van der Waals surface area contributed by atoms with Gasteiger partial charge in [-0.25, -0.2) is 0 Å². The second-order valence-electron chi connectivity index (χ2n) is 3.07. The number of rotatable bonds is 7. The summed E-state index contributed by atoms with van der Waals surface area (Å²) >= 11 is 0. The van der Waals surface area contributed by atoms with Crippen molar-refractivity contribution in [3.8, 4) is 0 Å². The minimum absolute atomic E-state index is 1.17. The molecule has 0 heterocycles. The molecule has 0 aliphatic heterocycles. The van der Waals surface area contributed by atoms with Gasteiger partial charge >= 0.3 is 0 Å². The minimum Gasteiger partial charge on any atom is -0.0888 e. The monoisotopic (exact) mass is 166 g/mol. The zero-order valence-electron chi connectivity index (χ0n) is 8.55. The largest absolute Gasteiger partial charge is 0.0888 e. The fourth-order valence-corrected chi connectivity index (χ4v) is 1.03. The van der Waals surface area contributed by atoms with Crippen LogP contribution < -0.4 is 0 Å². The van der Waals surface area contributed by atoms with Crippen LogP contribution in [0.2, 0.25) is 0 Å². The van der Waals surface area contributed by atoms with Gasteiger partial charge in [0.15, 0.2) is 0 Å². The highest BCUT2D eigenvalue weighted by Crippen LogP contribution is 1.98. The first-order valence-electron chi connectivity index (χ1n) is 5.21. The van der Waals surface area contributed by atoms with Gasteiger partial charge in [-0.2, -0.15) is 0 Å². The Morgan fingerprint density at radius 1 is 0.750 bits per heavy atom. The van der Waals surface area contributed by atoms with Crippen molar-refractivity contribution in [3.63, 3.8) is 0 Å². The van der Waals surface area contributed by atoms with Gasteiger partial charge in [0.2, 0.25) is 0 Å². The van der Waals surface area contributed by atoms with Crippen LogP contribution in [0.25, 0.3) is 0 Å². The second kappa shape index (κ2) is 10.5. The van der Waals surface area contributed by atoms with Crippen LogP contribution >= 0.6 is 0 Å². The highest BCUT2D eigenvalue weighted by Gasteiger charge is 1.78. The molecule has 0 aromatic rings. The fourth-order valence-electron chi connectivity index (χ4n) is 1.03. The van der Waals surface area contributed by atoms with Crippen LogP contribution in [0.5, 0.6) is 0 Å². The van der Waals surface area contributed by atoms with Crippen molar-refractivity contribution in [2.24, 2.45) is 0 Å². The van der Waals surface area contributed by atoms with Gasteiger partial charge in [0.1, 0.15) is 0 Å². The first kappa shape index (κ1) is 11.5. The maximum atomic E-state index is 2.31. The molecule has 0 aromatic carbocycles. The van der Waals surface area contributed by atoms with Crippen LogP contribution in [0.15, 0.2) is 24.3 Å². The molecule has 0 rings (SSSR count). The zero-order chi connectivity index (χ0) is 9.07. The van der Waals surface area contributed by atoms with Gasteiger partial charge in [-0.3, -0.25) is 0 Å². The van der Waals surface area contributed by atoms with Gasteiger partial charge < -0.3 is 0 Å². The van der Waals surface area contributed by atoms with E-state index in [2.05, 4.69) is 38.2 Å². The fraction of sp³-hybridized carbons (Fsp3) is 0.667. The second-order valence-corrected chi connectivity index (χ2v) is 3.07. The van der Waals surface area contributed by atoms with Gasteiger partial charge in [0, 0.05) is 0 Å². The third kappa shape index (κ3) is 9.48. The SMILES string of the molecule is CC/C=C/CC/C=C\CCCC. The Hall–Kier alpha value is -0.520. The summed E-state index contributed by atoms with van der Waals surface area (Å²) < 4.78 is 0. The van der Waals surface area contributed by atoms with Crippen molar-refractivity contribution >= 4 is 0 Å². The Morgan fingerprint density at radius 2 is 1.33 bits per heavy atom. The molecule has 0 fully saturated rings. The Bertz CT molecular complexity index is 120. The van der Waals surface area contributed by atoms with Crippen molar-refractivity contribution in [3.05, 3.63) is 24.3 Å². The van der Waals surface area contributed by atoms with E-state index in [1.165, 1.54) is 38.5 Å². The molecule has 70 valence electrons. The molecule has 0 aromatic heterocycles. The van der Waals surface area contributed by atoms with Gasteiger partial charge in [-0.1, -0.05) is 51.0 Å². The Kier molecular flexibility index (Phi) is 10.0. The minimum atomic E-state index is 1.17. The lowest BCUT2D eigenvalue weighted by Gasteiger charge is -1.88. The molecule has 0 aliphatic rings. The molecule has 0 N–H and O–H groups in total. The summed E-state index contributed by atoms with van der Waals surface area (Å²) in [6.45, 7) is 4.41. The number of hydrogen-bond donors (Lipinski definition) is 0. The highest BCUT2D eigenvalue weighted by atomic mass is 13.8. The molecule has 0 radical (unpaired) electrons. The Balaban J connectivity index is 3.07. The first-order valence-corrected chi connectivity index (χ1v) is 5.21. The summed E-state index contributed by atoms with van der Waals surface area (Å²) in [6, 6.07) is 0. The number of hydrogen-bond acceptors (Lipinski definition) is 0. The van der Waals surface area contributed by atoms with E-state index in [4.69, 9.17) is 0 Å². The van der Waals surface area contributed by atoms with E-state index in [9.17, 15) is 0 Å². The van der Waals surface area contributed by atoms with Gasteiger partial charge in [0.05, 0.1) is 0 Å². The van der Waals surface area contributed by atoms with E-state index in [0.717, 1.165) is 0 Å². The average molecular weight is 166 g/mol. The highest BCUT2D eigenvalue weighted by molar-refractivity contribution is 4.87. The average Bonchev–Trinajstić information content (AvgIpc) is 2.10. The van der Waals surface area contributed by atoms with Crippen molar-refractivity contribution in [1.82, 2.24) is 0 Å². The van der Waals surface area contributed by atoms with Crippen molar-refractivity contribution in [2.75, 3.05) is 0 Å². The number of allylic oxidation sites excluding steroid dienone is 4. The van der Waals surface area contributed by atoms with Crippen LogP contribution in [-0.2, 0) is 0 Å². The van der Waals surface area contributed by atoms with Gasteiger partial charge in [-0.05, 0) is 25.7 Å². The maximum Gasteiger partial charge on any atom is -0.0316 e. The molecular weight excluding hydrogens is 144 g/mol. The predicted molar refractivity (Wildman–Crippen MR) is 57.3 cm³/mol. The van der Waals surface area contributed by atoms with E-state index in [1.807, 2.05) is 0 Å². The van der Waals surface area contributed by atoms with Crippen molar-refractivity contribution in [2.45, 2.75) is 52.4 Å². The molecular formula is C12H22. The van der Waals surface area contributed by atoms with Crippen LogP contribution in [0.4, 0.5) is 0 Å². The standard InChI is InChI=1S/C12H22/c1-3-5-7-9-11-12-10-8-6-4-2/h5,7,10,12H,3-4,6,8-9,11H2,1-2H3/b7-5+,12-10-. The molecule has 0 aliphatic carbocycles. The van der Waals surface area contributed by atoms with E-state index < -0.39 is 0 Å². The van der Waals surface area contributed by atoms with E-state index in [0.29, 0.717) is 0 Å². The van der Waals surface area contributed by atoms with Crippen LogP contribution in [0, 0.1) is 0 Å². The zero-order valence-corrected chi connectivity index (χ0v) is 8.55. The van der Waals surface area contributed by atoms with Gasteiger partial charge in [-0.15, -0.1) is 0 Å². The summed E-state index contributed by atoms with van der Waals surface area (Å²) in [6.07, 6.45) is 16.6. The number of unbranched alkanes of at least 4 members (excludes halogenated alkanes) is 3. The summed E-state index contributed by atoms with van der Waals surface area (Å²) in [7, 11) is 0. The molecule has 0 atom stereocenters. The molecule has 0 bridgehead atoms. The maximum absolute atomic E-state index is 2.31. The molecule has 0 nitrogen and oxygen atoms in total. The van der Waals surface area contributed by atoms with Crippen molar-refractivity contribution in [1.29, 1.82) is 0 Å². The molecule has 0 unspecified atom stereocenters. The normalized spacial score (nSPS) is 11.8. The third-order valence-corrected chi connectivity index (χ3v) is 1.79. The van der Waals surface area contributed by atoms with Crippen LogP contribution in [-0.4, -0.2) is 0 Å². The van der Waals surface area contributed by atoms with Crippen LogP contribution in [0.3, 0.4) is 0 Å². The van der Waals surface area contributed by atoms with Gasteiger partial charge in [0.25, 0.3) is 0 Å². The lowest BCUT2D eigenvalue weighted by atomic mass is 10.2. The summed E-state index contributed by atoms with van der Waals surface area (Å²) in [5, 5.41) is 0. The van der Waals surface area contributed by atoms with E-state index in [-0.39, 0.29) is 0 Å². The van der Waals surface area contributed by atoms with E-state index >= 15 is 0 Å². The molecule has 0 saturated carbocycles. The predicted octanol–water partition coefficient (Wildman–Crippen LogP) is 4.48. The molecule has 0 saturated heterocycles. The molecule has 0 heteroatoms. The summed E-state index contributed by atoms with van der Waals surface area (Å²) in [5.41, 5.74) is 0. The smallest absolute Gasteiger partial charge is 0.0316 e. The summed E-state index contributed by atoms with van der Waals surface area (Å²) in [5.74, 6) is 0. The van der Waals surface area contributed by atoms with E-state index in [1.54, 1.807) is 0 Å². The first-order chi connectivity index (χ1) is 5.91. The third-order valence-electron chi connectivity index (χ3n) is 1.79. The lowest BCUT2D eigenvalue weighted by molar-refractivity contribution is 0.811. The topological polar surface area (TPSA) is 0 Å². The van der Waals surface area contributed by atoms with Crippen LogP contribution in [0.1, 0.15) is 52.4 Å². The molecule has 0 spiro atoms. The lowest BCUT2D eigenvalue weighted by Crippen LogP contribution is -1.68. The summed E-state index contributed by atoms with van der Waals surface area (Å²) in [4.78, 5) is 0. The molecule has 12 heavy (non-hydrogen) atoms. The Morgan fingerprint density at radius 3 is 1.92 bits per heavy atom.